The Labute approximate surface area is 247 Å². The van der Waals surface area contributed by atoms with Crippen LogP contribution >= 0.6 is 23.5 Å². The van der Waals surface area contributed by atoms with Gasteiger partial charge in [-0.1, -0.05) is 19.4 Å². The first-order valence-corrected chi connectivity index (χ1v) is 15.6. The van der Waals surface area contributed by atoms with Crippen molar-refractivity contribution in [2.75, 3.05) is 23.1 Å². The standard InChI is InChI=1S/C30H33N5O4S2/c1-5-6-13-35-14-11-23(22-10-9-21(16-24(22)36)39-18-20-8-7-12-31-17-20)26(29(35)37)33-30(38)34-27-25(40-3)15-19(2)32-28(27)41-4/h7-12,14-17,36H,5-6,13,18H2,1-4H3,(H2,33,34,38). The van der Waals surface area contributed by atoms with Gasteiger partial charge in [-0.25, -0.2) is 9.78 Å². The van der Waals surface area contributed by atoms with E-state index in [0.29, 0.717) is 34.1 Å². The van der Waals surface area contributed by atoms with E-state index in [1.54, 1.807) is 41.4 Å². The summed E-state index contributed by atoms with van der Waals surface area (Å²) in [6.07, 6.45) is 10.6. The Hall–Kier alpha value is -3.96. The third kappa shape index (κ3) is 7.42. The van der Waals surface area contributed by atoms with Crippen molar-refractivity contribution in [2.45, 2.75) is 49.8 Å². The molecule has 41 heavy (non-hydrogen) atoms. The molecule has 0 aliphatic carbocycles. The van der Waals surface area contributed by atoms with Gasteiger partial charge in [0.15, 0.2) is 0 Å². The summed E-state index contributed by atoms with van der Waals surface area (Å²) in [5.41, 5.74) is 2.80. The van der Waals surface area contributed by atoms with Crippen LogP contribution in [-0.4, -0.2) is 38.2 Å². The average Bonchev–Trinajstić information content (AvgIpc) is 2.98. The lowest BCUT2D eigenvalue weighted by molar-refractivity contribution is 0.262. The summed E-state index contributed by atoms with van der Waals surface area (Å²) >= 11 is 2.92. The Morgan fingerprint density at radius 3 is 2.56 bits per heavy atom. The third-order valence-corrected chi connectivity index (χ3v) is 7.72. The molecule has 0 saturated carbocycles. The largest absolute Gasteiger partial charge is 0.507 e. The normalized spacial score (nSPS) is 10.8. The first kappa shape index (κ1) is 30.0. The van der Waals surface area contributed by atoms with E-state index in [0.717, 1.165) is 29.0 Å². The molecule has 0 fully saturated rings. The second-order valence-corrected chi connectivity index (χ2v) is 10.9. The van der Waals surface area contributed by atoms with Crippen LogP contribution in [0.15, 0.2) is 75.8 Å². The highest BCUT2D eigenvalue weighted by Crippen LogP contribution is 2.37. The van der Waals surface area contributed by atoms with Gasteiger partial charge in [-0.2, -0.15) is 0 Å². The fourth-order valence-electron chi connectivity index (χ4n) is 4.20. The van der Waals surface area contributed by atoms with Crippen molar-refractivity contribution in [1.82, 2.24) is 14.5 Å². The van der Waals surface area contributed by atoms with Crippen LogP contribution in [0.4, 0.5) is 16.2 Å². The predicted octanol–water partition coefficient (Wildman–Crippen LogP) is 6.79. The lowest BCUT2D eigenvalue weighted by Gasteiger charge is -2.17. The highest BCUT2D eigenvalue weighted by atomic mass is 32.2. The lowest BCUT2D eigenvalue weighted by atomic mass is 10.0. The maximum absolute atomic E-state index is 13.6. The molecule has 0 radical (unpaired) electrons. The van der Waals surface area contributed by atoms with Crippen LogP contribution < -0.4 is 20.9 Å². The number of aryl methyl sites for hydroxylation is 2. The number of benzene rings is 1. The molecule has 0 bridgehead atoms. The number of aromatic hydroxyl groups is 1. The topological polar surface area (TPSA) is 118 Å². The molecule has 0 aliphatic heterocycles. The highest BCUT2D eigenvalue weighted by molar-refractivity contribution is 7.99. The number of pyridine rings is 3. The van der Waals surface area contributed by atoms with Gasteiger partial charge in [0.1, 0.15) is 28.8 Å². The van der Waals surface area contributed by atoms with E-state index in [4.69, 9.17) is 4.74 Å². The molecule has 1 aromatic carbocycles. The van der Waals surface area contributed by atoms with Gasteiger partial charge in [-0.3, -0.25) is 9.78 Å². The molecule has 0 aliphatic rings. The highest BCUT2D eigenvalue weighted by Gasteiger charge is 2.20. The number of ether oxygens (including phenoxy) is 1. The number of anilines is 2. The Kier molecular flexibility index (Phi) is 10.3. The minimum atomic E-state index is -0.580. The van der Waals surface area contributed by atoms with Crippen molar-refractivity contribution in [3.63, 3.8) is 0 Å². The number of nitrogens with one attached hydrogen (secondary N) is 2. The molecule has 3 heterocycles. The van der Waals surface area contributed by atoms with Crippen molar-refractivity contribution in [2.24, 2.45) is 0 Å². The molecular weight excluding hydrogens is 558 g/mol. The molecule has 0 atom stereocenters. The number of aromatic nitrogens is 3. The van der Waals surface area contributed by atoms with Crippen molar-refractivity contribution < 1.29 is 14.6 Å². The second-order valence-electron chi connectivity index (χ2n) is 9.21. The number of amides is 2. The molecule has 3 aromatic heterocycles. The van der Waals surface area contributed by atoms with Crippen molar-refractivity contribution >= 4 is 40.9 Å². The number of carbonyl (C=O) groups excluding carboxylic acids is 1. The number of unbranched alkanes of at least 4 members (excludes halogenated alkanes) is 1. The van der Waals surface area contributed by atoms with Gasteiger partial charge >= 0.3 is 6.03 Å². The fraction of sp³-hybridized carbons (Fsp3) is 0.267. The van der Waals surface area contributed by atoms with Gasteiger partial charge in [0.25, 0.3) is 5.56 Å². The van der Waals surface area contributed by atoms with Crippen LogP contribution in [0.3, 0.4) is 0 Å². The van der Waals surface area contributed by atoms with Gasteiger partial charge < -0.3 is 25.0 Å². The molecule has 11 heteroatoms. The molecule has 9 nitrogen and oxygen atoms in total. The number of thioether (sulfide) groups is 2. The predicted molar refractivity (Wildman–Crippen MR) is 166 cm³/mol. The van der Waals surface area contributed by atoms with E-state index in [-0.39, 0.29) is 23.6 Å². The fourth-order valence-corrected chi connectivity index (χ4v) is 5.51. The van der Waals surface area contributed by atoms with E-state index in [1.807, 2.05) is 44.6 Å². The molecule has 0 unspecified atom stereocenters. The van der Waals surface area contributed by atoms with Crippen molar-refractivity contribution in [1.29, 1.82) is 0 Å². The maximum Gasteiger partial charge on any atom is 0.323 e. The lowest BCUT2D eigenvalue weighted by Crippen LogP contribution is -2.29. The van der Waals surface area contributed by atoms with E-state index in [1.165, 1.54) is 29.6 Å². The summed E-state index contributed by atoms with van der Waals surface area (Å²) in [6.45, 7) is 4.75. The molecule has 4 rings (SSSR count). The number of phenolic OH excluding ortho intramolecular Hbond substituents is 1. The maximum atomic E-state index is 13.6. The number of urea groups is 1. The first-order valence-electron chi connectivity index (χ1n) is 13.1. The smallest absolute Gasteiger partial charge is 0.323 e. The quantitative estimate of drug-likeness (QED) is 0.163. The van der Waals surface area contributed by atoms with Crippen LogP contribution in [0.25, 0.3) is 11.1 Å². The minimum absolute atomic E-state index is 0.0666. The van der Waals surface area contributed by atoms with Gasteiger partial charge in [0.05, 0.1) is 5.69 Å². The molecule has 0 spiro atoms. The summed E-state index contributed by atoms with van der Waals surface area (Å²) in [5.74, 6) is 0.375. The average molecular weight is 592 g/mol. The molecule has 0 saturated heterocycles. The number of hydrogen-bond donors (Lipinski definition) is 3. The van der Waals surface area contributed by atoms with Gasteiger partial charge in [-0.05, 0) is 56.2 Å². The summed E-state index contributed by atoms with van der Waals surface area (Å²) in [6, 6.07) is 11.7. The number of hydrogen-bond acceptors (Lipinski definition) is 8. The zero-order valence-electron chi connectivity index (χ0n) is 23.4. The molecule has 2 amide bonds. The summed E-state index contributed by atoms with van der Waals surface area (Å²) in [4.78, 5) is 36.4. The molecule has 3 N–H and O–H groups in total. The second kappa shape index (κ2) is 14.1. The SMILES string of the molecule is CCCCn1ccc(-c2ccc(OCc3cccnc3)cc2O)c(NC(=O)Nc2c(SC)cc(C)nc2SC)c1=O. The van der Waals surface area contributed by atoms with Crippen molar-refractivity contribution in [3.8, 4) is 22.6 Å². The van der Waals surface area contributed by atoms with Gasteiger partial charge in [0.2, 0.25) is 0 Å². The number of carbonyl (C=O) groups is 1. The monoisotopic (exact) mass is 591 g/mol. The number of nitrogens with zero attached hydrogens (tertiary/aromatic N) is 3. The molecule has 4 aromatic rings. The minimum Gasteiger partial charge on any atom is -0.507 e. The Morgan fingerprint density at radius 2 is 1.88 bits per heavy atom. The van der Waals surface area contributed by atoms with E-state index < -0.39 is 6.03 Å². The number of phenols is 1. The zero-order chi connectivity index (χ0) is 29.4. The van der Waals surface area contributed by atoms with E-state index >= 15 is 0 Å². The van der Waals surface area contributed by atoms with Crippen LogP contribution in [-0.2, 0) is 13.2 Å². The van der Waals surface area contributed by atoms with E-state index in [2.05, 4.69) is 20.6 Å². The Bertz CT molecular complexity index is 1550. The first-order chi connectivity index (χ1) is 19.8. The van der Waals surface area contributed by atoms with Crippen LogP contribution in [0.5, 0.6) is 11.5 Å². The zero-order valence-corrected chi connectivity index (χ0v) is 25.1. The third-order valence-electron chi connectivity index (χ3n) is 6.27. The van der Waals surface area contributed by atoms with E-state index in [9.17, 15) is 14.7 Å². The van der Waals surface area contributed by atoms with Gasteiger partial charge in [0, 0.05) is 58.5 Å². The summed E-state index contributed by atoms with van der Waals surface area (Å²) < 4.78 is 7.38. The Balaban J connectivity index is 1.66. The summed E-state index contributed by atoms with van der Waals surface area (Å²) in [7, 11) is 0. The summed E-state index contributed by atoms with van der Waals surface area (Å²) in [5, 5.41) is 17.3. The molecular formula is C30H33N5O4S2. The van der Waals surface area contributed by atoms with Crippen LogP contribution in [0.2, 0.25) is 0 Å². The molecule has 214 valence electrons. The number of rotatable bonds is 11. The van der Waals surface area contributed by atoms with Crippen LogP contribution in [0, 0.1) is 6.92 Å². The van der Waals surface area contributed by atoms with Crippen LogP contribution in [0.1, 0.15) is 31.0 Å². The Morgan fingerprint density at radius 1 is 1.07 bits per heavy atom. The van der Waals surface area contributed by atoms with Gasteiger partial charge in [-0.15, -0.1) is 23.5 Å². The van der Waals surface area contributed by atoms with Crippen molar-refractivity contribution in [3.05, 3.63) is 82.7 Å².